The fourth-order valence-electron chi connectivity index (χ4n) is 2.13. The number of hydrogen-bond donors (Lipinski definition) is 1. The van der Waals surface area contributed by atoms with Crippen molar-refractivity contribution in [1.29, 1.82) is 0 Å². The topological polar surface area (TPSA) is 82.1 Å². The zero-order valence-electron chi connectivity index (χ0n) is 14.2. The van der Waals surface area contributed by atoms with Crippen molar-refractivity contribution in [3.8, 4) is 17.2 Å². The predicted molar refractivity (Wildman–Crippen MR) is 92.4 cm³/mol. The van der Waals surface area contributed by atoms with Crippen molar-refractivity contribution in [1.82, 2.24) is 0 Å². The number of carboxylic acids is 1. The van der Waals surface area contributed by atoms with Gasteiger partial charge in [0, 0.05) is 5.56 Å². The highest BCUT2D eigenvalue weighted by atomic mass is 19.1. The number of methoxy groups -OCH3 is 2. The first-order valence-electron chi connectivity index (χ1n) is 7.53. The van der Waals surface area contributed by atoms with Crippen LogP contribution in [0.5, 0.6) is 17.2 Å². The minimum absolute atomic E-state index is 0.170. The zero-order valence-corrected chi connectivity index (χ0v) is 14.2. The van der Waals surface area contributed by atoms with Gasteiger partial charge in [-0.3, -0.25) is 4.79 Å². The van der Waals surface area contributed by atoms with E-state index < -0.39 is 18.4 Å². The smallest absolute Gasteiger partial charge is 0.341 e. The van der Waals surface area contributed by atoms with Gasteiger partial charge in [0.2, 0.25) is 0 Å². The van der Waals surface area contributed by atoms with Crippen LogP contribution in [-0.4, -0.2) is 37.7 Å². The summed E-state index contributed by atoms with van der Waals surface area (Å²) < 4.78 is 28.8. The van der Waals surface area contributed by atoms with E-state index in [1.54, 1.807) is 24.3 Å². The molecular weight excluding hydrogens is 343 g/mol. The normalized spacial score (nSPS) is 10.6. The molecule has 0 spiro atoms. The van der Waals surface area contributed by atoms with Crippen molar-refractivity contribution < 1.29 is 33.3 Å². The highest BCUT2D eigenvalue weighted by molar-refractivity contribution is 6.07. The van der Waals surface area contributed by atoms with Crippen molar-refractivity contribution in [2.75, 3.05) is 20.8 Å². The van der Waals surface area contributed by atoms with Gasteiger partial charge >= 0.3 is 5.97 Å². The minimum atomic E-state index is -1.24. The lowest BCUT2D eigenvalue weighted by Crippen LogP contribution is -2.10. The van der Waals surface area contributed by atoms with Crippen LogP contribution in [0.2, 0.25) is 0 Å². The first kappa shape index (κ1) is 19.0. The molecule has 0 saturated carbocycles. The minimum Gasteiger partial charge on any atom is -0.493 e. The van der Waals surface area contributed by atoms with Gasteiger partial charge in [0.1, 0.15) is 0 Å². The lowest BCUT2D eigenvalue weighted by atomic mass is 10.1. The molecule has 2 rings (SSSR count). The van der Waals surface area contributed by atoms with Gasteiger partial charge in [-0.05, 0) is 42.0 Å². The average molecular weight is 360 g/mol. The second-order valence-corrected chi connectivity index (χ2v) is 5.14. The highest BCUT2D eigenvalue weighted by Crippen LogP contribution is 2.28. The zero-order chi connectivity index (χ0) is 19.1. The summed E-state index contributed by atoms with van der Waals surface area (Å²) in [5, 5.41) is 8.59. The Morgan fingerprint density at radius 3 is 2.42 bits per heavy atom. The van der Waals surface area contributed by atoms with E-state index in [1.807, 2.05) is 0 Å². The van der Waals surface area contributed by atoms with Gasteiger partial charge in [0.25, 0.3) is 0 Å². The fraction of sp³-hybridized carbons (Fsp3) is 0.158. The van der Waals surface area contributed by atoms with Gasteiger partial charge in [-0.25, -0.2) is 9.18 Å². The molecule has 0 bridgehead atoms. The quantitative estimate of drug-likeness (QED) is 0.575. The average Bonchev–Trinajstić information content (AvgIpc) is 2.64. The van der Waals surface area contributed by atoms with Crippen molar-refractivity contribution >= 4 is 17.8 Å². The number of carbonyl (C=O) groups is 2. The van der Waals surface area contributed by atoms with Gasteiger partial charge in [0.05, 0.1) is 14.2 Å². The van der Waals surface area contributed by atoms with Crippen molar-refractivity contribution in [2.24, 2.45) is 0 Å². The third kappa shape index (κ3) is 4.83. The summed E-state index contributed by atoms with van der Waals surface area (Å²) in [4.78, 5) is 22.8. The Hall–Kier alpha value is -3.35. The molecule has 0 saturated heterocycles. The van der Waals surface area contributed by atoms with Crippen molar-refractivity contribution in [2.45, 2.75) is 0 Å². The molecule has 2 aromatic carbocycles. The molecule has 0 heterocycles. The van der Waals surface area contributed by atoms with Crippen LogP contribution < -0.4 is 14.2 Å². The Morgan fingerprint density at radius 1 is 1.04 bits per heavy atom. The molecule has 0 radical (unpaired) electrons. The second kappa shape index (κ2) is 8.66. The summed E-state index contributed by atoms with van der Waals surface area (Å²) in [6, 6.07) is 8.67. The molecule has 0 fully saturated rings. The Bertz CT molecular complexity index is 844. The van der Waals surface area contributed by atoms with Crippen LogP contribution in [0.25, 0.3) is 6.08 Å². The van der Waals surface area contributed by atoms with Crippen molar-refractivity contribution in [3.05, 3.63) is 59.4 Å². The monoisotopic (exact) mass is 360 g/mol. The SMILES string of the molecule is COc1ccc(C=CC(=O)c2ccc(F)c(OCC(=O)O)c2)cc1OC. The lowest BCUT2D eigenvalue weighted by molar-refractivity contribution is -0.139. The largest absolute Gasteiger partial charge is 0.493 e. The van der Waals surface area contributed by atoms with E-state index in [9.17, 15) is 14.0 Å². The van der Waals surface area contributed by atoms with E-state index in [2.05, 4.69) is 0 Å². The standard InChI is InChI=1S/C19H17FO6/c1-24-16-8-4-12(9-18(16)25-2)3-7-15(21)13-5-6-14(20)17(10-13)26-11-19(22)23/h3-10H,11H2,1-2H3,(H,22,23). The Balaban J connectivity index is 2.17. The van der Waals surface area contributed by atoms with Gasteiger partial charge in [0.15, 0.2) is 35.5 Å². The number of carbonyl (C=O) groups excluding carboxylic acids is 1. The third-order valence-corrected chi connectivity index (χ3v) is 3.40. The first-order chi connectivity index (χ1) is 12.4. The summed E-state index contributed by atoms with van der Waals surface area (Å²) in [6.07, 6.45) is 2.89. The van der Waals surface area contributed by atoms with Crippen molar-refractivity contribution in [3.63, 3.8) is 0 Å². The number of allylic oxidation sites excluding steroid dienone is 1. The maximum absolute atomic E-state index is 13.6. The molecule has 0 atom stereocenters. The number of rotatable bonds is 8. The molecule has 0 unspecified atom stereocenters. The molecule has 0 amide bonds. The van der Waals surface area contributed by atoms with E-state index in [-0.39, 0.29) is 17.1 Å². The van der Waals surface area contributed by atoms with Crippen LogP contribution in [-0.2, 0) is 4.79 Å². The molecule has 2 aromatic rings. The molecule has 1 N–H and O–H groups in total. The second-order valence-electron chi connectivity index (χ2n) is 5.14. The number of halogens is 1. The molecule has 136 valence electrons. The van der Waals surface area contributed by atoms with E-state index in [0.717, 1.165) is 6.07 Å². The lowest BCUT2D eigenvalue weighted by Gasteiger charge is -2.07. The van der Waals surface area contributed by atoms with Crippen LogP contribution in [0, 0.1) is 5.82 Å². The van der Waals surface area contributed by atoms with E-state index in [4.69, 9.17) is 19.3 Å². The molecular formula is C19H17FO6. The molecule has 6 nitrogen and oxygen atoms in total. The van der Waals surface area contributed by atoms with Gasteiger partial charge in [-0.15, -0.1) is 0 Å². The molecule has 0 aliphatic heterocycles. The van der Waals surface area contributed by atoms with Crippen LogP contribution in [0.15, 0.2) is 42.5 Å². The number of ether oxygens (including phenoxy) is 3. The third-order valence-electron chi connectivity index (χ3n) is 3.40. The molecule has 7 heteroatoms. The van der Waals surface area contributed by atoms with E-state index in [0.29, 0.717) is 17.1 Å². The van der Waals surface area contributed by atoms with Crippen LogP contribution >= 0.6 is 0 Å². The summed E-state index contributed by atoms with van der Waals surface area (Å²) >= 11 is 0. The Morgan fingerprint density at radius 2 is 1.77 bits per heavy atom. The Kier molecular flexibility index (Phi) is 6.32. The summed E-state index contributed by atoms with van der Waals surface area (Å²) in [5.74, 6) is -1.58. The highest BCUT2D eigenvalue weighted by Gasteiger charge is 2.10. The van der Waals surface area contributed by atoms with Crippen LogP contribution in [0.1, 0.15) is 15.9 Å². The molecule has 0 aromatic heterocycles. The number of hydrogen-bond acceptors (Lipinski definition) is 5. The molecule has 26 heavy (non-hydrogen) atoms. The van der Waals surface area contributed by atoms with Gasteiger partial charge in [-0.2, -0.15) is 0 Å². The summed E-state index contributed by atoms with van der Waals surface area (Å²) in [7, 11) is 3.03. The Labute approximate surface area is 149 Å². The maximum atomic E-state index is 13.6. The number of benzene rings is 2. The van der Waals surface area contributed by atoms with Gasteiger partial charge in [-0.1, -0.05) is 12.1 Å². The first-order valence-corrected chi connectivity index (χ1v) is 7.53. The van der Waals surface area contributed by atoms with Gasteiger partial charge < -0.3 is 19.3 Å². The number of carboxylic acid groups (broad SMARTS) is 1. The fourth-order valence-corrected chi connectivity index (χ4v) is 2.13. The number of ketones is 1. The summed E-state index contributed by atoms with van der Waals surface area (Å²) in [5.41, 5.74) is 0.879. The summed E-state index contributed by atoms with van der Waals surface area (Å²) in [6.45, 7) is -0.698. The molecule has 0 aliphatic carbocycles. The van der Waals surface area contributed by atoms with E-state index >= 15 is 0 Å². The maximum Gasteiger partial charge on any atom is 0.341 e. The van der Waals surface area contributed by atoms with Crippen LogP contribution in [0.3, 0.4) is 0 Å². The van der Waals surface area contributed by atoms with Crippen LogP contribution in [0.4, 0.5) is 4.39 Å². The molecule has 0 aliphatic rings. The predicted octanol–water partition coefficient (Wildman–Crippen LogP) is 3.20. The van der Waals surface area contributed by atoms with E-state index in [1.165, 1.54) is 32.4 Å². The number of aliphatic carboxylic acids is 1.